The molecule has 1 saturated carbocycles. The molecule has 29 heavy (non-hydrogen) atoms. The van der Waals surface area contributed by atoms with Crippen molar-refractivity contribution in [2.75, 3.05) is 0 Å². The molecule has 3 atom stereocenters. The second-order valence-corrected chi connectivity index (χ2v) is 7.82. The molecule has 2 aliphatic rings. The van der Waals surface area contributed by atoms with Gasteiger partial charge in [-0.15, -0.1) is 0 Å². The molecule has 1 aliphatic heterocycles. The first-order valence-electron chi connectivity index (χ1n) is 9.95. The maximum atomic E-state index is 12.2. The van der Waals surface area contributed by atoms with Crippen LogP contribution in [0.3, 0.4) is 0 Å². The van der Waals surface area contributed by atoms with Gasteiger partial charge in [-0.2, -0.15) is 0 Å². The fourth-order valence-corrected chi connectivity index (χ4v) is 4.51. The van der Waals surface area contributed by atoms with Gasteiger partial charge in [-0.05, 0) is 41.5 Å². The van der Waals surface area contributed by atoms with Gasteiger partial charge in [0.15, 0.2) is 0 Å². The number of phenolic OH excluding ortho intramolecular Hbond substituents is 1. The van der Waals surface area contributed by atoms with Gasteiger partial charge in [0, 0.05) is 30.2 Å². The lowest BCUT2D eigenvalue weighted by atomic mass is 9.80. The van der Waals surface area contributed by atoms with Gasteiger partial charge in [-0.3, -0.25) is 4.79 Å². The van der Waals surface area contributed by atoms with Crippen LogP contribution in [0.5, 0.6) is 17.2 Å². The molecule has 0 bridgehead atoms. The molecule has 1 aliphatic carbocycles. The molecule has 1 N–H and O–H groups in total. The average Bonchev–Trinajstić information content (AvgIpc) is 3.15. The van der Waals surface area contributed by atoms with Crippen LogP contribution < -0.4 is 9.47 Å². The fraction of sp³-hybridized carbons (Fsp3) is 0.240. The Hall–Kier alpha value is -3.27. The van der Waals surface area contributed by atoms with Crippen molar-refractivity contribution in [1.82, 2.24) is 0 Å². The third-order valence-electron chi connectivity index (χ3n) is 5.92. The summed E-state index contributed by atoms with van der Waals surface area (Å²) in [6.45, 7) is 0.524. The zero-order valence-electron chi connectivity index (χ0n) is 16.0. The van der Waals surface area contributed by atoms with E-state index in [1.54, 1.807) is 18.2 Å². The van der Waals surface area contributed by atoms with Crippen molar-refractivity contribution in [3.8, 4) is 17.2 Å². The minimum Gasteiger partial charge on any atom is -0.508 e. The van der Waals surface area contributed by atoms with Gasteiger partial charge in [0.05, 0.1) is 0 Å². The molecule has 0 amide bonds. The van der Waals surface area contributed by atoms with E-state index in [1.165, 1.54) is 0 Å². The molecule has 3 aromatic rings. The number of ketones is 1. The van der Waals surface area contributed by atoms with Gasteiger partial charge in [0.1, 0.15) is 35.7 Å². The third-order valence-corrected chi connectivity index (χ3v) is 5.92. The van der Waals surface area contributed by atoms with Crippen LogP contribution in [0.1, 0.15) is 41.6 Å². The quantitative estimate of drug-likeness (QED) is 0.672. The number of benzene rings is 3. The molecule has 1 unspecified atom stereocenters. The van der Waals surface area contributed by atoms with E-state index in [9.17, 15) is 9.90 Å². The molecule has 1 fully saturated rings. The maximum absolute atomic E-state index is 12.2. The molecular weight excluding hydrogens is 364 g/mol. The van der Waals surface area contributed by atoms with Crippen LogP contribution in [0.4, 0.5) is 0 Å². The van der Waals surface area contributed by atoms with E-state index in [-0.39, 0.29) is 29.5 Å². The van der Waals surface area contributed by atoms with Crippen LogP contribution in [-0.4, -0.2) is 10.9 Å². The Morgan fingerprint density at radius 3 is 2.55 bits per heavy atom. The maximum Gasteiger partial charge on any atom is 0.133 e. The van der Waals surface area contributed by atoms with Crippen molar-refractivity contribution in [1.29, 1.82) is 0 Å². The Kier molecular flexibility index (Phi) is 4.47. The standard InChI is InChI=1S/C25H22O4/c26-18-8-11-24-22(12-18)21-13-19(27)14-23(21)25(29-24)17-6-9-20(10-7-17)28-15-16-4-2-1-3-5-16/h1-12,21,23,25-26H,13-15H2/t21-,23-,25?/m0/s1. The highest BCUT2D eigenvalue weighted by Crippen LogP contribution is 2.53. The number of ether oxygens (including phenoxy) is 2. The summed E-state index contributed by atoms with van der Waals surface area (Å²) < 4.78 is 12.2. The van der Waals surface area contributed by atoms with Crippen molar-refractivity contribution >= 4 is 5.78 Å². The summed E-state index contributed by atoms with van der Waals surface area (Å²) in [5.41, 5.74) is 3.11. The number of fused-ring (bicyclic) bond motifs is 3. The minimum atomic E-state index is -0.174. The zero-order chi connectivity index (χ0) is 19.8. The van der Waals surface area contributed by atoms with Crippen molar-refractivity contribution in [2.45, 2.75) is 31.5 Å². The van der Waals surface area contributed by atoms with E-state index < -0.39 is 0 Å². The Morgan fingerprint density at radius 2 is 1.76 bits per heavy atom. The molecule has 3 aromatic carbocycles. The average molecular weight is 386 g/mol. The van der Waals surface area contributed by atoms with E-state index in [0.717, 1.165) is 28.2 Å². The summed E-state index contributed by atoms with van der Waals surface area (Å²) in [5, 5.41) is 9.87. The molecule has 4 nitrogen and oxygen atoms in total. The summed E-state index contributed by atoms with van der Waals surface area (Å²) in [5.74, 6) is 2.22. The van der Waals surface area contributed by atoms with E-state index >= 15 is 0 Å². The summed E-state index contributed by atoms with van der Waals surface area (Å²) >= 11 is 0. The Morgan fingerprint density at radius 1 is 0.966 bits per heavy atom. The lowest BCUT2D eigenvalue weighted by molar-refractivity contribution is -0.117. The van der Waals surface area contributed by atoms with Crippen LogP contribution >= 0.6 is 0 Å². The fourth-order valence-electron chi connectivity index (χ4n) is 4.51. The number of aromatic hydroxyl groups is 1. The van der Waals surface area contributed by atoms with Crippen LogP contribution in [0.15, 0.2) is 72.8 Å². The summed E-state index contributed by atoms with van der Waals surface area (Å²) in [6, 6.07) is 23.2. The lowest BCUT2D eigenvalue weighted by Crippen LogP contribution is -2.26. The predicted octanol–water partition coefficient (Wildman–Crippen LogP) is 5.17. The van der Waals surface area contributed by atoms with Crippen molar-refractivity contribution in [3.63, 3.8) is 0 Å². The number of hydrogen-bond acceptors (Lipinski definition) is 4. The van der Waals surface area contributed by atoms with Gasteiger partial charge in [0.25, 0.3) is 0 Å². The van der Waals surface area contributed by atoms with Crippen molar-refractivity contribution in [3.05, 3.63) is 89.5 Å². The summed E-state index contributed by atoms with van der Waals surface area (Å²) in [7, 11) is 0. The first-order valence-corrected chi connectivity index (χ1v) is 9.95. The molecule has 5 rings (SSSR count). The SMILES string of the molecule is O=C1C[C@@H]2C(c3ccc(OCc4ccccc4)cc3)Oc3ccc(O)cc3[C@@H]2C1. The lowest BCUT2D eigenvalue weighted by Gasteiger charge is -2.36. The zero-order valence-corrected chi connectivity index (χ0v) is 16.0. The van der Waals surface area contributed by atoms with Crippen LogP contribution in [0.25, 0.3) is 0 Å². The predicted molar refractivity (Wildman–Crippen MR) is 109 cm³/mol. The van der Waals surface area contributed by atoms with Crippen LogP contribution in [0, 0.1) is 5.92 Å². The second-order valence-electron chi connectivity index (χ2n) is 7.82. The number of rotatable bonds is 4. The number of Topliss-reactive ketones (excluding diaryl/α,β-unsaturated/α-hetero) is 1. The molecule has 4 heteroatoms. The van der Waals surface area contributed by atoms with Gasteiger partial charge in [0.2, 0.25) is 0 Å². The monoisotopic (exact) mass is 386 g/mol. The molecule has 0 aromatic heterocycles. The van der Waals surface area contributed by atoms with E-state index in [4.69, 9.17) is 9.47 Å². The second kappa shape index (κ2) is 7.28. The summed E-state index contributed by atoms with van der Waals surface area (Å²) in [4.78, 5) is 12.2. The molecule has 1 heterocycles. The van der Waals surface area contributed by atoms with E-state index in [2.05, 4.69) is 0 Å². The highest BCUT2D eigenvalue weighted by molar-refractivity contribution is 5.83. The Labute approximate surface area is 169 Å². The van der Waals surface area contributed by atoms with Crippen LogP contribution in [-0.2, 0) is 11.4 Å². The number of phenols is 1. The third kappa shape index (κ3) is 3.46. The summed E-state index contributed by atoms with van der Waals surface area (Å²) in [6.07, 6.45) is 0.849. The normalized spacial score (nSPS) is 22.5. The van der Waals surface area contributed by atoms with Gasteiger partial charge in [-0.25, -0.2) is 0 Å². The Balaban J connectivity index is 1.37. The van der Waals surface area contributed by atoms with Gasteiger partial charge < -0.3 is 14.6 Å². The molecule has 0 saturated heterocycles. The molecule has 146 valence electrons. The highest BCUT2D eigenvalue weighted by atomic mass is 16.5. The first kappa shape index (κ1) is 17.8. The number of carbonyl (C=O) groups is 1. The van der Waals surface area contributed by atoms with E-state index in [1.807, 2.05) is 54.6 Å². The molecular formula is C25H22O4. The van der Waals surface area contributed by atoms with Crippen LogP contribution in [0.2, 0.25) is 0 Å². The van der Waals surface area contributed by atoms with Gasteiger partial charge in [-0.1, -0.05) is 42.5 Å². The van der Waals surface area contributed by atoms with E-state index in [0.29, 0.717) is 19.4 Å². The van der Waals surface area contributed by atoms with Gasteiger partial charge >= 0.3 is 0 Å². The van der Waals surface area contributed by atoms with Crippen molar-refractivity contribution in [2.24, 2.45) is 5.92 Å². The minimum absolute atomic E-state index is 0.0906. The molecule has 0 spiro atoms. The number of carbonyl (C=O) groups excluding carboxylic acids is 1. The highest BCUT2D eigenvalue weighted by Gasteiger charge is 2.45. The largest absolute Gasteiger partial charge is 0.508 e. The molecule has 0 radical (unpaired) electrons. The Bertz CT molecular complexity index is 1030. The smallest absolute Gasteiger partial charge is 0.133 e. The first-order chi connectivity index (χ1) is 14.2. The topological polar surface area (TPSA) is 55.8 Å². The van der Waals surface area contributed by atoms with Crippen molar-refractivity contribution < 1.29 is 19.4 Å². The number of hydrogen-bond donors (Lipinski definition) is 1.